The minimum absolute atomic E-state index is 0. The van der Waals surface area contributed by atoms with E-state index in [0.29, 0.717) is 0 Å². The summed E-state index contributed by atoms with van der Waals surface area (Å²) >= 11 is 0. The normalized spacial score (nSPS) is 10.6. The van der Waals surface area contributed by atoms with E-state index >= 15 is 0 Å². The Morgan fingerprint density at radius 3 is 1.38 bits per heavy atom. The van der Waals surface area contributed by atoms with Crippen molar-refractivity contribution in [2.75, 3.05) is 0 Å². The van der Waals surface area contributed by atoms with E-state index in [1.165, 1.54) is 5.56 Å². The molecule has 0 amide bonds. The Bertz CT molecular complexity index is 594. The monoisotopic (exact) mass is 344 g/mol. The van der Waals surface area contributed by atoms with Crippen LogP contribution in [0.1, 0.15) is 52.7 Å². The number of rotatable bonds is 0. The maximum absolute atomic E-state index is 10.9. The van der Waals surface area contributed by atoms with Gasteiger partial charge >= 0.3 is 59.1 Å². The average Bonchev–Trinajstić information content (AvgIpc) is 2.38. The third kappa shape index (κ3) is 9.50. The number of benzene rings is 2. The van der Waals surface area contributed by atoms with Crippen LogP contribution in [0.2, 0.25) is 0 Å². The molecule has 0 radical (unpaired) electrons. The van der Waals surface area contributed by atoms with Crippen molar-refractivity contribution in [3.63, 3.8) is 0 Å². The molecule has 0 atom stereocenters. The maximum atomic E-state index is 10.9. The molecule has 0 N–H and O–H groups in total. The summed E-state index contributed by atoms with van der Waals surface area (Å²) in [7, 11) is 0. The zero-order valence-electron chi connectivity index (χ0n) is 16.4. The Morgan fingerprint density at radius 1 is 0.583 bits per heavy atom. The zero-order chi connectivity index (χ0) is 17.0. The van der Waals surface area contributed by atoms with Crippen molar-refractivity contribution in [2.45, 2.75) is 52.4 Å². The van der Waals surface area contributed by atoms with E-state index in [4.69, 9.17) is 0 Å². The van der Waals surface area contributed by atoms with Crippen LogP contribution in [-0.4, -0.2) is 0 Å². The summed E-state index contributed by atoms with van der Waals surface area (Å²) < 4.78 is 0. The fraction of sp³-hybridized carbons (Fsp3) is 0.400. The van der Waals surface area contributed by atoms with Crippen LogP contribution in [0.4, 0.5) is 0 Å². The maximum Gasteiger partial charge on any atom is 1.00 e. The van der Waals surface area contributed by atoms with Gasteiger partial charge in [-0.05, 0) is 22.0 Å². The molecule has 0 aromatic heterocycles. The second-order valence-electron chi connectivity index (χ2n) is 7.55. The molecule has 0 aliphatic heterocycles. The smallest absolute Gasteiger partial charge is 0.872 e. The molecule has 0 heterocycles. The van der Waals surface area contributed by atoms with Crippen LogP contribution in [-0.2, 0) is 10.8 Å². The molecule has 2 nitrogen and oxygen atoms in total. The van der Waals surface area contributed by atoms with Crippen LogP contribution in [0.15, 0.2) is 48.5 Å². The summed E-state index contributed by atoms with van der Waals surface area (Å²) in [6, 6.07) is 14.1. The van der Waals surface area contributed by atoms with Crippen LogP contribution in [0.25, 0.3) is 0 Å². The van der Waals surface area contributed by atoms with Gasteiger partial charge in [-0.25, -0.2) is 0 Å². The molecule has 2 rings (SSSR count). The van der Waals surface area contributed by atoms with Gasteiger partial charge in [-0.1, -0.05) is 90.1 Å². The van der Waals surface area contributed by atoms with Gasteiger partial charge < -0.3 is 10.2 Å². The molecular weight excluding hydrogens is 318 g/mol. The standard InChI is InChI=1S/2C10H14O.2Na/c1-10(2,3)8-4-6-9(11)7-5-8;1-10(2,3)8-5-4-6-9(11)7-8;;/h2*4-7,11H,1-3H3;;/q;;2*+1/p-2. The number of hydrogen-bond donors (Lipinski definition) is 0. The van der Waals surface area contributed by atoms with Gasteiger partial charge in [0, 0.05) is 0 Å². The second kappa shape index (κ2) is 10.9. The molecule has 2 aromatic carbocycles. The molecule has 0 fully saturated rings. The van der Waals surface area contributed by atoms with E-state index in [-0.39, 0.29) is 81.4 Å². The molecule has 0 aliphatic carbocycles. The van der Waals surface area contributed by atoms with E-state index in [1.807, 2.05) is 24.3 Å². The summed E-state index contributed by atoms with van der Waals surface area (Å²) in [6.45, 7) is 12.7. The molecular formula is C20H26Na2O2. The molecule has 0 saturated carbocycles. The van der Waals surface area contributed by atoms with E-state index in [9.17, 15) is 10.2 Å². The molecule has 0 saturated heterocycles. The van der Waals surface area contributed by atoms with Gasteiger partial charge in [-0.3, -0.25) is 0 Å². The van der Waals surface area contributed by atoms with Crippen LogP contribution >= 0.6 is 0 Å². The summed E-state index contributed by atoms with van der Waals surface area (Å²) in [5.41, 5.74) is 2.54. The Balaban J connectivity index is 0. The van der Waals surface area contributed by atoms with Gasteiger partial charge in [-0.15, -0.1) is 11.5 Å². The minimum Gasteiger partial charge on any atom is -0.872 e. The van der Waals surface area contributed by atoms with Crippen molar-refractivity contribution in [1.29, 1.82) is 0 Å². The fourth-order valence-corrected chi connectivity index (χ4v) is 1.92. The molecule has 2 aromatic rings. The van der Waals surface area contributed by atoms with Gasteiger partial charge in [0.15, 0.2) is 0 Å². The fourth-order valence-electron chi connectivity index (χ4n) is 1.92. The molecule has 0 unspecified atom stereocenters. The number of hydrogen-bond acceptors (Lipinski definition) is 2. The van der Waals surface area contributed by atoms with E-state index in [1.54, 1.807) is 24.3 Å². The van der Waals surface area contributed by atoms with Gasteiger partial charge in [0.2, 0.25) is 0 Å². The van der Waals surface area contributed by atoms with E-state index in [0.717, 1.165) is 5.56 Å². The molecule has 120 valence electrons. The summed E-state index contributed by atoms with van der Waals surface area (Å²) in [5, 5.41) is 21.7. The van der Waals surface area contributed by atoms with Crippen molar-refractivity contribution in [3.05, 3.63) is 59.7 Å². The van der Waals surface area contributed by atoms with Gasteiger partial charge in [0.25, 0.3) is 0 Å². The first-order chi connectivity index (χ1) is 10.00. The SMILES string of the molecule is CC(C)(C)c1ccc([O-])cc1.CC(C)(C)c1cccc([O-])c1.[Na+].[Na+]. The first-order valence-corrected chi connectivity index (χ1v) is 7.55. The predicted octanol–water partition coefficient (Wildman–Crippen LogP) is -1.88. The molecule has 0 bridgehead atoms. The van der Waals surface area contributed by atoms with Crippen LogP contribution < -0.4 is 69.3 Å². The topological polar surface area (TPSA) is 46.1 Å². The summed E-state index contributed by atoms with van der Waals surface area (Å²) in [5.74, 6) is 0.176. The average molecular weight is 344 g/mol. The van der Waals surface area contributed by atoms with Crippen LogP contribution in [0, 0.1) is 0 Å². The Hall–Kier alpha value is 0.0400. The van der Waals surface area contributed by atoms with E-state index in [2.05, 4.69) is 41.5 Å². The predicted molar refractivity (Wildman–Crippen MR) is 89.2 cm³/mol. The first-order valence-electron chi connectivity index (χ1n) is 7.55. The van der Waals surface area contributed by atoms with Crippen molar-refractivity contribution in [1.82, 2.24) is 0 Å². The first kappa shape index (κ1) is 26.3. The molecule has 0 spiro atoms. The quantitative estimate of drug-likeness (QED) is 0.526. The third-order valence-corrected chi connectivity index (χ3v) is 3.42. The van der Waals surface area contributed by atoms with Gasteiger partial charge in [-0.2, -0.15) is 0 Å². The third-order valence-electron chi connectivity index (χ3n) is 3.42. The van der Waals surface area contributed by atoms with Crippen molar-refractivity contribution in [3.8, 4) is 11.5 Å². The zero-order valence-corrected chi connectivity index (χ0v) is 20.4. The van der Waals surface area contributed by atoms with Crippen molar-refractivity contribution >= 4 is 0 Å². The summed E-state index contributed by atoms with van der Waals surface area (Å²) in [4.78, 5) is 0. The minimum atomic E-state index is 0. The Kier molecular flexibility index (Phi) is 11.9. The Labute approximate surface area is 191 Å². The van der Waals surface area contributed by atoms with Crippen LogP contribution in [0.3, 0.4) is 0 Å². The molecule has 4 heteroatoms. The van der Waals surface area contributed by atoms with Crippen LogP contribution in [0.5, 0.6) is 11.5 Å². The van der Waals surface area contributed by atoms with Crippen molar-refractivity contribution < 1.29 is 69.3 Å². The largest absolute Gasteiger partial charge is 1.00 e. The summed E-state index contributed by atoms with van der Waals surface area (Å²) in [6.07, 6.45) is 0. The van der Waals surface area contributed by atoms with Gasteiger partial charge in [0.05, 0.1) is 0 Å². The van der Waals surface area contributed by atoms with Crippen molar-refractivity contribution in [2.24, 2.45) is 0 Å². The van der Waals surface area contributed by atoms with E-state index < -0.39 is 0 Å². The molecule has 0 aliphatic rings. The molecule has 24 heavy (non-hydrogen) atoms. The Morgan fingerprint density at radius 2 is 1.04 bits per heavy atom. The van der Waals surface area contributed by atoms with Gasteiger partial charge in [0.1, 0.15) is 0 Å². The second-order valence-corrected chi connectivity index (χ2v) is 7.55.